The Balaban J connectivity index is 3.01. The van der Waals surface area contributed by atoms with Crippen LogP contribution in [0, 0.1) is 6.92 Å². The Morgan fingerprint density at radius 2 is 1.54 bits per heavy atom. The Morgan fingerprint density at radius 3 is 1.92 bits per heavy atom. The van der Waals surface area contributed by atoms with Gasteiger partial charge in [-0.3, -0.25) is 0 Å². The summed E-state index contributed by atoms with van der Waals surface area (Å²) in [5, 5.41) is 0. The molecule has 0 aliphatic heterocycles. The van der Waals surface area contributed by atoms with E-state index in [0.717, 1.165) is 0 Å². The molecule has 0 fully saturated rings. The zero-order valence-electron chi connectivity index (χ0n) is 6.90. The molecule has 1 rings (SSSR count). The summed E-state index contributed by atoms with van der Waals surface area (Å²) in [4.78, 5) is 0. The maximum atomic E-state index is 3.60. The number of halogens is 4. The van der Waals surface area contributed by atoms with Gasteiger partial charge in [0, 0.05) is 0 Å². The van der Waals surface area contributed by atoms with E-state index in [2.05, 4.69) is 94.9 Å². The van der Waals surface area contributed by atoms with E-state index in [4.69, 9.17) is 0 Å². The summed E-state index contributed by atoms with van der Waals surface area (Å²) in [6.07, 6.45) is 0. The second-order valence-electron chi connectivity index (χ2n) is 2.79. The summed E-state index contributed by atoms with van der Waals surface area (Å²) >= 11 is 14.2. The SMILES string of the molecule is Cc1ccc(C(Br)(Br)C(Br)Br)cc1. The molecule has 0 aliphatic carbocycles. The predicted octanol–water partition coefficient (Wildman–Crippen LogP) is 5.05. The highest BCUT2D eigenvalue weighted by Crippen LogP contribution is 2.47. The number of hydrogen-bond acceptors (Lipinski definition) is 0. The molecule has 13 heavy (non-hydrogen) atoms. The molecule has 0 saturated heterocycles. The van der Waals surface area contributed by atoms with Crippen LogP contribution in [0.2, 0.25) is 0 Å². The molecule has 0 amide bonds. The smallest absolute Gasteiger partial charge is 0.0736 e. The van der Waals surface area contributed by atoms with E-state index < -0.39 is 0 Å². The summed E-state index contributed by atoms with van der Waals surface area (Å²) < 4.78 is -0.122. The van der Waals surface area contributed by atoms with Crippen molar-refractivity contribution in [1.29, 1.82) is 0 Å². The lowest BCUT2D eigenvalue weighted by molar-refractivity contribution is 1.05. The van der Waals surface area contributed by atoms with Crippen LogP contribution in [0.1, 0.15) is 11.1 Å². The molecule has 1 aromatic carbocycles. The lowest BCUT2D eigenvalue weighted by Crippen LogP contribution is -2.16. The average Bonchev–Trinajstić information content (AvgIpc) is 2.04. The fraction of sp³-hybridized carbons (Fsp3) is 0.333. The lowest BCUT2D eigenvalue weighted by atomic mass is 10.1. The maximum absolute atomic E-state index is 3.60. The number of hydrogen-bond donors (Lipinski definition) is 0. The largest absolute Gasteiger partial charge is 0.127 e. The van der Waals surface area contributed by atoms with Crippen molar-refractivity contribution < 1.29 is 0 Å². The molecule has 0 heterocycles. The van der Waals surface area contributed by atoms with Crippen molar-refractivity contribution >= 4 is 63.7 Å². The quantitative estimate of drug-likeness (QED) is 0.570. The third-order valence-corrected chi connectivity index (χ3v) is 7.37. The van der Waals surface area contributed by atoms with Gasteiger partial charge < -0.3 is 0 Å². The Morgan fingerprint density at radius 1 is 1.08 bits per heavy atom. The van der Waals surface area contributed by atoms with Crippen LogP contribution in [0.3, 0.4) is 0 Å². The van der Waals surface area contributed by atoms with Crippen LogP contribution >= 0.6 is 63.7 Å². The summed E-state index contributed by atoms with van der Waals surface area (Å²) in [6.45, 7) is 2.08. The molecule has 72 valence electrons. The highest BCUT2D eigenvalue weighted by molar-refractivity contribution is 9.29. The molecule has 0 saturated carbocycles. The molecule has 0 spiro atoms. The number of rotatable bonds is 2. The average molecular weight is 436 g/mol. The number of alkyl halides is 4. The monoisotopic (exact) mass is 432 g/mol. The van der Waals surface area contributed by atoms with Crippen molar-refractivity contribution in [3.05, 3.63) is 35.4 Å². The zero-order valence-corrected chi connectivity index (χ0v) is 13.2. The number of aryl methyl sites for hydroxylation is 1. The summed E-state index contributed by atoms with van der Waals surface area (Å²) in [7, 11) is 0. The van der Waals surface area contributed by atoms with E-state index in [1.54, 1.807) is 0 Å². The molecule has 1 aromatic rings. The van der Waals surface area contributed by atoms with Crippen molar-refractivity contribution in [3.8, 4) is 0 Å². The van der Waals surface area contributed by atoms with Gasteiger partial charge in [0.05, 0.1) is 3.74 Å². The van der Waals surface area contributed by atoms with E-state index in [1.165, 1.54) is 11.1 Å². The second kappa shape index (κ2) is 4.77. The van der Waals surface area contributed by atoms with Gasteiger partial charge in [0.1, 0.15) is 3.23 Å². The fourth-order valence-corrected chi connectivity index (χ4v) is 1.96. The molecule has 0 radical (unpaired) electrons. The Kier molecular flexibility index (Phi) is 4.48. The minimum absolute atomic E-state index is 0.134. The van der Waals surface area contributed by atoms with Crippen molar-refractivity contribution in [1.82, 2.24) is 0 Å². The van der Waals surface area contributed by atoms with Gasteiger partial charge in [-0.1, -0.05) is 93.5 Å². The highest BCUT2D eigenvalue weighted by atomic mass is 79.9. The van der Waals surface area contributed by atoms with Crippen LogP contribution in [-0.4, -0.2) is 3.74 Å². The van der Waals surface area contributed by atoms with E-state index in [9.17, 15) is 0 Å². The minimum Gasteiger partial charge on any atom is -0.0736 e. The summed E-state index contributed by atoms with van der Waals surface area (Å²) in [5.41, 5.74) is 2.44. The second-order valence-corrected chi connectivity index (χ2v) is 9.42. The Bertz CT molecular complexity index is 276. The van der Waals surface area contributed by atoms with Gasteiger partial charge in [-0.15, -0.1) is 0 Å². The Hall–Kier alpha value is 1.14. The van der Waals surface area contributed by atoms with Crippen LogP contribution in [0.15, 0.2) is 24.3 Å². The van der Waals surface area contributed by atoms with Crippen molar-refractivity contribution in [2.75, 3.05) is 0 Å². The highest BCUT2D eigenvalue weighted by Gasteiger charge is 2.31. The molecule has 0 unspecified atom stereocenters. The van der Waals surface area contributed by atoms with Gasteiger partial charge in [0.25, 0.3) is 0 Å². The first-order valence-electron chi connectivity index (χ1n) is 3.67. The molecule has 0 atom stereocenters. The molecular weight excluding hydrogens is 428 g/mol. The Labute approximate surface area is 112 Å². The molecular formula is C9H8Br4. The van der Waals surface area contributed by atoms with Crippen molar-refractivity contribution in [2.24, 2.45) is 0 Å². The van der Waals surface area contributed by atoms with Crippen LogP contribution < -0.4 is 0 Å². The van der Waals surface area contributed by atoms with E-state index in [-0.39, 0.29) is 6.97 Å². The first kappa shape index (κ1) is 12.2. The van der Waals surface area contributed by atoms with Gasteiger partial charge >= 0.3 is 0 Å². The van der Waals surface area contributed by atoms with Gasteiger partial charge in [-0.05, 0) is 12.5 Å². The molecule has 0 N–H and O–H groups in total. The van der Waals surface area contributed by atoms with E-state index in [1.807, 2.05) is 0 Å². The number of benzene rings is 1. The van der Waals surface area contributed by atoms with Crippen LogP contribution in [0.25, 0.3) is 0 Å². The van der Waals surface area contributed by atoms with Crippen molar-refractivity contribution in [2.45, 2.75) is 13.9 Å². The van der Waals surface area contributed by atoms with E-state index >= 15 is 0 Å². The molecule has 0 aliphatic rings. The van der Waals surface area contributed by atoms with Crippen molar-refractivity contribution in [3.63, 3.8) is 0 Å². The van der Waals surface area contributed by atoms with Gasteiger partial charge in [0.15, 0.2) is 0 Å². The first-order chi connectivity index (χ1) is 5.94. The summed E-state index contributed by atoms with van der Waals surface area (Å²) in [5.74, 6) is 0. The van der Waals surface area contributed by atoms with Crippen LogP contribution in [0.4, 0.5) is 0 Å². The lowest BCUT2D eigenvalue weighted by Gasteiger charge is -2.22. The minimum atomic E-state index is -0.256. The normalized spacial score (nSPS) is 12.2. The third-order valence-electron chi connectivity index (χ3n) is 1.71. The molecule has 0 bridgehead atoms. The molecule has 0 nitrogen and oxygen atoms in total. The topological polar surface area (TPSA) is 0 Å². The van der Waals surface area contributed by atoms with Crippen LogP contribution in [-0.2, 0) is 3.23 Å². The fourth-order valence-electron chi connectivity index (χ4n) is 0.902. The maximum Gasteiger partial charge on any atom is 0.127 e. The van der Waals surface area contributed by atoms with Gasteiger partial charge in [0.2, 0.25) is 0 Å². The predicted molar refractivity (Wildman–Crippen MR) is 72.4 cm³/mol. The van der Waals surface area contributed by atoms with Gasteiger partial charge in [-0.25, -0.2) is 0 Å². The first-order valence-corrected chi connectivity index (χ1v) is 7.09. The van der Waals surface area contributed by atoms with Crippen LogP contribution in [0.5, 0.6) is 0 Å². The molecule has 0 aromatic heterocycles. The zero-order chi connectivity index (χ0) is 10.1. The van der Waals surface area contributed by atoms with E-state index in [0.29, 0.717) is 0 Å². The standard InChI is InChI=1S/C9H8Br4/c1-6-2-4-7(5-3-6)9(12,13)8(10)11/h2-5,8H,1H3. The summed E-state index contributed by atoms with van der Waals surface area (Å²) in [6, 6.07) is 8.37. The molecule has 4 heteroatoms. The third kappa shape index (κ3) is 3.05. The van der Waals surface area contributed by atoms with Gasteiger partial charge in [-0.2, -0.15) is 0 Å².